The first-order valence-electron chi connectivity index (χ1n) is 12.1. The molecule has 6 heteroatoms. The van der Waals surface area contributed by atoms with Crippen LogP contribution in [-0.2, 0) is 25.7 Å². The van der Waals surface area contributed by atoms with Gasteiger partial charge in [0.2, 0.25) is 5.91 Å². The zero-order valence-electron chi connectivity index (χ0n) is 20.8. The number of benzene rings is 3. The lowest BCUT2D eigenvalue weighted by atomic mass is 9.99. The lowest BCUT2D eigenvalue weighted by Crippen LogP contribution is -2.46. The summed E-state index contributed by atoms with van der Waals surface area (Å²) in [7, 11) is 0. The number of ether oxygens (including phenoxy) is 2. The maximum atomic E-state index is 13.3. The Balaban J connectivity index is 1.50. The number of carbonyl (C=O) groups excluding carboxylic acids is 3. The summed E-state index contributed by atoms with van der Waals surface area (Å²) in [5.74, 6) is -1.56. The van der Waals surface area contributed by atoms with E-state index in [1.807, 2.05) is 66.7 Å². The van der Waals surface area contributed by atoms with Crippen molar-refractivity contribution in [2.45, 2.75) is 51.9 Å². The Morgan fingerprint density at radius 1 is 0.972 bits per heavy atom. The third-order valence-corrected chi connectivity index (χ3v) is 6.03. The Morgan fingerprint density at radius 2 is 1.67 bits per heavy atom. The molecule has 0 aromatic heterocycles. The normalized spacial score (nSPS) is 18.1. The first kappa shape index (κ1) is 25.2. The molecule has 1 aliphatic heterocycles. The number of fused-ring (bicyclic) bond motifs is 1. The Hall–Kier alpha value is -3.93. The molecule has 0 radical (unpaired) electrons. The molecule has 3 aromatic rings. The highest BCUT2D eigenvalue weighted by molar-refractivity contribution is 6.01. The van der Waals surface area contributed by atoms with E-state index >= 15 is 0 Å². The minimum absolute atomic E-state index is 0.0676. The number of esters is 1. The van der Waals surface area contributed by atoms with Crippen molar-refractivity contribution in [1.29, 1.82) is 0 Å². The minimum Gasteiger partial charge on any atom is -0.459 e. The topological polar surface area (TPSA) is 72.9 Å². The quantitative estimate of drug-likeness (QED) is 0.392. The fraction of sp³-hybridized carbons (Fsp3) is 0.300. The molecule has 0 aliphatic carbocycles. The van der Waals surface area contributed by atoms with E-state index in [1.54, 1.807) is 20.8 Å². The van der Waals surface area contributed by atoms with Crippen molar-refractivity contribution < 1.29 is 23.9 Å². The molecule has 0 unspecified atom stereocenters. The summed E-state index contributed by atoms with van der Waals surface area (Å²) in [5, 5.41) is 2.25. The molecule has 1 aliphatic rings. The molecule has 2 atom stereocenters. The first-order valence-corrected chi connectivity index (χ1v) is 12.1. The van der Waals surface area contributed by atoms with E-state index in [1.165, 1.54) is 0 Å². The highest BCUT2D eigenvalue weighted by Crippen LogP contribution is 2.31. The molecule has 1 heterocycles. The maximum Gasteiger partial charge on any atom is 0.417 e. The summed E-state index contributed by atoms with van der Waals surface area (Å²) in [4.78, 5) is 40.1. The molecule has 0 saturated carbocycles. The minimum atomic E-state index is -1.02. The molecule has 36 heavy (non-hydrogen) atoms. The van der Waals surface area contributed by atoms with Gasteiger partial charge in [0.05, 0.1) is 0 Å². The summed E-state index contributed by atoms with van der Waals surface area (Å²) in [5.41, 5.74) is 1.07. The Bertz CT molecular complexity index is 1270. The monoisotopic (exact) mass is 485 g/mol. The summed E-state index contributed by atoms with van der Waals surface area (Å²) < 4.78 is 10.9. The third kappa shape index (κ3) is 6.00. The number of hydrogen-bond donors (Lipinski definition) is 0. The van der Waals surface area contributed by atoms with Crippen LogP contribution in [0.15, 0.2) is 78.9 Å². The van der Waals surface area contributed by atoms with Crippen LogP contribution in [0.4, 0.5) is 4.79 Å². The number of amides is 2. The van der Waals surface area contributed by atoms with Gasteiger partial charge in [-0.25, -0.2) is 14.5 Å². The second-order valence-electron chi connectivity index (χ2n) is 9.94. The largest absolute Gasteiger partial charge is 0.459 e. The third-order valence-electron chi connectivity index (χ3n) is 6.03. The molecule has 0 bridgehead atoms. The number of likely N-dealkylation sites (tertiary alicyclic amines) is 1. The zero-order valence-corrected chi connectivity index (χ0v) is 20.8. The fourth-order valence-corrected chi connectivity index (χ4v) is 4.33. The van der Waals surface area contributed by atoms with Gasteiger partial charge in [-0.1, -0.05) is 84.9 Å². The molecule has 1 fully saturated rings. The summed E-state index contributed by atoms with van der Waals surface area (Å²) in [6, 6.07) is 22.4. The molecule has 0 spiro atoms. The van der Waals surface area contributed by atoms with Crippen LogP contribution in [-0.4, -0.2) is 34.5 Å². The Kier molecular flexibility index (Phi) is 7.53. The number of imide groups is 1. The fourth-order valence-electron chi connectivity index (χ4n) is 4.33. The Labute approximate surface area is 211 Å². The van der Waals surface area contributed by atoms with Gasteiger partial charge in [0, 0.05) is 5.92 Å². The van der Waals surface area contributed by atoms with Crippen LogP contribution in [0.3, 0.4) is 0 Å². The standard InChI is InChI=1S/C30H31NO5/c1-30(2,3)36-29(34)31-26(28(33)35-20-21-11-5-4-6-12-21)19-24(27(31)32)17-10-16-23-15-9-14-22-13-7-8-18-25(22)23/h4-16,18,24,26H,17,19-20H2,1-3H3/b16-10+/t24-,26+/m1/s1. The van der Waals surface area contributed by atoms with Crippen LogP contribution in [0, 0.1) is 5.92 Å². The van der Waals surface area contributed by atoms with Crippen LogP contribution in [0.25, 0.3) is 16.8 Å². The zero-order chi connectivity index (χ0) is 25.7. The van der Waals surface area contributed by atoms with Gasteiger partial charge in [-0.15, -0.1) is 0 Å². The number of hydrogen-bond acceptors (Lipinski definition) is 5. The number of nitrogens with zero attached hydrogens (tertiary/aromatic N) is 1. The van der Waals surface area contributed by atoms with Crippen LogP contribution >= 0.6 is 0 Å². The summed E-state index contributed by atoms with van der Waals surface area (Å²) in [6.45, 7) is 5.23. The number of allylic oxidation sites excluding steroid dienone is 1. The van der Waals surface area contributed by atoms with Crippen molar-refractivity contribution >= 4 is 34.8 Å². The molecule has 3 aromatic carbocycles. The van der Waals surface area contributed by atoms with E-state index < -0.39 is 35.5 Å². The van der Waals surface area contributed by atoms with Crippen LogP contribution in [0.2, 0.25) is 0 Å². The molecule has 1 saturated heterocycles. The lowest BCUT2D eigenvalue weighted by Gasteiger charge is -2.26. The number of rotatable bonds is 6. The van der Waals surface area contributed by atoms with Gasteiger partial charge in [-0.05, 0) is 55.5 Å². The molecule has 4 rings (SSSR count). The summed E-state index contributed by atoms with van der Waals surface area (Å²) >= 11 is 0. The van der Waals surface area contributed by atoms with Crippen molar-refractivity contribution in [3.05, 3.63) is 90.0 Å². The van der Waals surface area contributed by atoms with Gasteiger partial charge in [-0.3, -0.25) is 4.79 Å². The van der Waals surface area contributed by atoms with Gasteiger partial charge in [0.25, 0.3) is 0 Å². The van der Waals surface area contributed by atoms with Crippen molar-refractivity contribution in [1.82, 2.24) is 4.90 Å². The second kappa shape index (κ2) is 10.8. The predicted molar refractivity (Wildman–Crippen MR) is 139 cm³/mol. The van der Waals surface area contributed by atoms with Crippen molar-refractivity contribution in [2.24, 2.45) is 5.92 Å². The summed E-state index contributed by atoms with van der Waals surface area (Å²) in [6.07, 6.45) is 3.66. The molecule has 6 nitrogen and oxygen atoms in total. The second-order valence-corrected chi connectivity index (χ2v) is 9.94. The maximum absolute atomic E-state index is 13.3. The van der Waals surface area contributed by atoms with Gasteiger partial charge in [0.15, 0.2) is 0 Å². The number of carbonyl (C=O) groups is 3. The van der Waals surface area contributed by atoms with Crippen LogP contribution in [0.5, 0.6) is 0 Å². The van der Waals surface area contributed by atoms with Gasteiger partial charge >= 0.3 is 12.1 Å². The smallest absolute Gasteiger partial charge is 0.417 e. The average Bonchev–Trinajstić information content (AvgIpc) is 3.18. The molecule has 0 N–H and O–H groups in total. The van der Waals surface area contributed by atoms with E-state index in [4.69, 9.17) is 9.47 Å². The first-order chi connectivity index (χ1) is 17.2. The Morgan fingerprint density at radius 3 is 2.42 bits per heavy atom. The van der Waals surface area contributed by atoms with E-state index in [9.17, 15) is 14.4 Å². The highest BCUT2D eigenvalue weighted by atomic mass is 16.6. The highest BCUT2D eigenvalue weighted by Gasteiger charge is 2.48. The van der Waals surface area contributed by atoms with Gasteiger partial charge < -0.3 is 9.47 Å². The van der Waals surface area contributed by atoms with Crippen LogP contribution < -0.4 is 0 Å². The van der Waals surface area contributed by atoms with E-state index in [0.29, 0.717) is 6.42 Å². The molecular weight excluding hydrogens is 454 g/mol. The van der Waals surface area contributed by atoms with Gasteiger partial charge in [-0.2, -0.15) is 0 Å². The van der Waals surface area contributed by atoms with Gasteiger partial charge in [0.1, 0.15) is 18.2 Å². The molecule has 186 valence electrons. The van der Waals surface area contributed by atoms with E-state index in [-0.39, 0.29) is 13.0 Å². The van der Waals surface area contributed by atoms with Crippen molar-refractivity contribution in [3.63, 3.8) is 0 Å². The molecule has 2 amide bonds. The lowest BCUT2D eigenvalue weighted by molar-refractivity contribution is -0.152. The van der Waals surface area contributed by atoms with E-state index in [2.05, 4.69) is 18.2 Å². The van der Waals surface area contributed by atoms with Crippen LogP contribution in [0.1, 0.15) is 44.7 Å². The SMILES string of the molecule is CC(C)(C)OC(=O)N1C(=O)[C@H](C/C=C/c2cccc3ccccc23)C[C@H]1C(=O)OCc1ccccc1. The molecular formula is C30H31NO5. The average molecular weight is 486 g/mol. The van der Waals surface area contributed by atoms with E-state index in [0.717, 1.165) is 26.8 Å². The van der Waals surface area contributed by atoms with Crippen molar-refractivity contribution in [2.75, 3.05) is 0 Å². The predicted octanol–water partition coefficient (Wildman–Crippen LogP) is 6.14. The van der Waals surface area contributed by atoms with Crippen molar-refractivity contribution in [3.8, 4) is 0 Å².